The fourth-order valence-electron chi connectivity index (χ4n) is 3.08. The zero-order valence-corrected chi connectivity index (χ0v) is 15.2. The summed E-state index contributed by atoms with van der Waals surface area (Å²) in [7, 11) is 0. The van der Waals surface area contributed by atoms with Gasteiger partial charge in [0.1, 0.15) is 0 Å². The minimum atomic E-state index is -0.0251. The molecule has 3 aromatic rings. The van der Waals surface area contributed by atoms with E-state index >= 15 is 0 Å². The normalized spacial score (nSPS) is 10.7. The van der Waals surface area contributed by atoms with Crippen molar-refractivity contribution in [2.45, 2.75) is 40.2 Å². The molecule has 0 aliphatic carbocycles. The number of hydrogen-bond acceptors (Lipinski definition) is 4. The largest absolute Gasteiger partial charge is 0.352 e. The SMILES string of the molecule is Cc1cc2nc(C)c(CCC(=O)NCc3cccc(C#N)c3)c(C)n2n1. The van der Waals surface area contributed by atoms with Gasteiger partial charge in [0.05, 0.1) is 17.3 Å². The van der Waals surface area contributed by atoms with Crippen LogP contribution in [0.3, 0.4) is 0 Å². The first kappa shape index (κ1) is 17.6. The Kier molecular flexibility index (Phi) is 4.99. The van der Waals surface area contributed by atoms with Gasteiger partial charge in [0, 0.05) is 30.4 Å². The lowest BCUT2D eigenvalue weighted by Crippen LogP contribution is -2.23. The third-order valence-corrected chi connectivity index (χ3v) is 4.43. The molecule has 6 heteroatoms. The molecule has 3 rings (SSSR count). The Morgan fingerprint density at radius 3 is 2.85 bits per heavy atom. The molecule has 2 aromatic heterocycles. The van der Waals surface area contributed by atoms with E-state index in [0.29, 0.717) is 24.9 Å². The smallest absolute Gasteiger partial charge is 0.220 e. The van der Waals surface area contributed by atoms with Gasteiger partial charge in [-0.15, -0.1) is 0 Å². The summed E-state index contributed by atoms with van der Waals surface area (Å²) in [5.74, 6) is -0.0251. The molecule has 26 heavy (non-hydrogen) atoms. The maximum atomic E-state index is 12.2. The average molecular weight is 347 g/mol. The molecule has 0 bridgehead atoms. The Morgan fingerprint density at radius 1 is 1.27 bits per heavy atom. The van der Waals surface area contributed by atoms with Crippen LogP contribution in [-0.4, -0.2) is 20.5 Å². The number of fused-ring (bicyclic) bond motifs is 1. The Balaban J connectivity index is 1.64. The van der Waals surface area contributed by atoms with Crippen molar-refractivity contribution in [3.05, 3.63) is 64.1 Å². The van der Waals surface area contributed by atoms with Crippen molar-refractivity contribution in [2.24, 2.45) is 0 Å². The topological polar surface area (TPSA) is 83.1 Å². The van der Waals surface area contributed by atoms with Crippen LogP contribution in [0.5, 0.6) is 0 Å². The summed E-state index contributed by atoms with van der Waals surface area (Å²) in [5.41, 5.74) is 6.29. The van der Waals surface area contributed by atoms with E-state index in [1.165, 1.54) is 0 Å². The number of nitriles is 1. The highest BCUT2D eigenvalue weighted by Crippen LogP contribution is 2.17. The highest BCUT2D eigenvalue weighted by molar-refractivity contribution is 5.76. The van der Waals surface area contributed by atoms with Crippen LogP contribution in [0.15, 0.2) is 30.3 Å². The van der Waals surface area contributed by atoms with E-state index in [-0.39, 0.29) is 5.91 Å². The first-order valence-electron chi connectivity index (χ1n) is 8.56. The molecule has 0 radical (unpaired) electrons. The van der Waals surface area contributed by atoms with Gasteiger partial charge in [-0.1, -0.05) is 12.1 Å². The number of carbonyl (C=O) groups excluding carboxylic acids is 1. The molecule has 1 amide bonds. The van der Waals surface area contributed by atoms with Crippen LogP contribution in [0.2, 0.25) is 0 Å². The summed E-state index contributed by atoms with van der Waals surface area (Å²) in [6.07, 6.45) is 0.997. The highest BCUT2D eigenvalue weighted by Gasteiger charge is 2.12. The molecule has 0 saturated carbocycles. The lowest BCUT2D eigenvalue weighted by molar-refractivity contribution is -0.121. The Labute approximate surface area is 152 Å². The van der Waals surface area contributed by atoms with Gasteiger partial charge in [-0.25, -0.2) is 9.50 Å². The van der Waals surface area contributed by atoms with Crippen molar-refractivity contribution >= 4 is 11.6 Å². The molecule has 0 aliphatic rings. The van der Waals surface area contributed by atoms with E-state index in [2.05, 4.69) is 21.5 Å². The molecule has 1 N–H and O–H groups in total. The van der Waals surface area contributed by atoms with Crippen LogP contribution >= 0.6 is 0 Å². The van der Waals surface area contributed by atoms with E-state index in [1.807, 2.05) is 43.5 Å². The first-order chi connectivity index (χ1) is 12.5. The quantitative estimate of drug-likeness (QED) is 0.769. The molecule has 0 saturated heterocycles. The molecule has 1 aromatic carbocycles. The number of carbonyl (C=O) groups is 1. The predicted octanol–water partition coefficient (Wildman–Crippen LogP) is 2.78. The summed E-state index contributed by atoms with van der Waals surface area (Å²) in [4.78, 5) is 16.8. The summed E-state index contributed by atoms with van der Waals surface area (Å²) < 4.78 is 1.84. The van der Waals surface area contributed by atoms with Gasteiger partial charge in [0.2, 0.25) is 5.91 Å². The van der Waals surface area contributed by atoms with Crippen molar-refractivity contribution in [3.8, 4) is 6.07 Å². The van der Waals surface area contributed by atoms with Gasteiger partial charge in [-0.2, -0.15) is 10.4 Å². The standard InChI is InChI=1S/C20H21N5O/c1-13-9-19-23-14(2)18(15(3)25(19)24-13)7-8-20(26)22-12-17-6-4-5-16(10-17)11-21/h4-6,9-10H,7-8,12H2,1-3H3,(H,22,26). The van der Waals surface area contributed by atoms with Crippen LogP contribution in [0.25, 0.3) is 5.65 Å². The van der Waals surface area contributed by atoms with Crippen molar-refractivity contribution < 1.29 is 4.79 Å². The third kappa shape index (κ3) is 3.72. The minimum absolute atomic E-state index is 0.0251. The first-order valence-corrected chi connectivity index (χ1v) is 8.56. The summed E-state index contributed by atoms with van der Waals surface area (Å²) in [6, 6.07) is 11.3. The molecule has 2 heterocycles. The van der Waals surface area contributed by atoms with E-state index < -0.39 is 0 Å². The van der Waals surface area contributed by atoms with Crippen LogP contribution in [0, 0.1) is 32.1 Å². The lowest BCUT2D eigenvalue weighted by atomic mass is 10.1. The van der Waals surface area contributed by atoms with Gasteiger partial charge in [0.25, 0.3) is 0 Å². The molecule has 0 fully saturated rings. The molecular formula is C20H21N5O. The number of benzene rings is 1. The fraction of sp³-hybridized carbons (Fsp3) is 0.300. The lowest BCUT2D eigenvalue weighted by Gasteiger charge is -2.11. The van der Waals surface area contributed by atoms with E-state index in [4.69, 9.17) is 5.26 Å². The van der Waals surface area contributed by atoms with Gasteiger partial charge in [0.15, 0.2) is 5.65 Å². The zero-order chi connectivity index (χ0) is 18.7. The van der Waals surface area contributed by atoms with Crippen LogP contribution in [-0.2, 0) is 17.8 Å². The summed E-state index contributed by atoms with van der Waals surface area (Å²) in [6.45, 7) is 6.34. The second-order valence-electron chi connectivity index (χ2n) is 6.41. The number of aryl methyl sites for hydroxylation is 3. The number of aromatic nitrogens is 3. The van der Waals surface area contributed by atoms with Crippen LogP contribution in [0.1, 0.15) is 40.2 Å². The zero-order valence-electron chi connectivity index (χ0n) is 15.2. The number of hydrogen-bond donors (Lipinski definition) is 1. The van der Waals surface area contributed by atoms with E-state index in [0.717, 1.165) is 33.9 Å². The molecule has 6 nitrogen and oxygen atoms in total. The molecular weight excluding hydrogens is 326 g/mol. The van der Waals surface area contributed by atoms with E-state index in [1.54, 1.807) is 12.1 Å². The molecule has 0 atom stereocenters. The Morgan fingerprint density at radius 2 is 2.08 bits per heavy atom. The minimum Gasteiger partial charge on any atom is -0.352 e. The average Bonchev–Trinajstić information content (AvgIpc) is 3.00. The van der Waals surface area contributed by atoms with Gasteiger partial charge < -0.3 is 5.32 Å². The summed E-state index contributed by atoms with van der Waals surface area (Å²) >= 11 is 0. The number of rotatable bonds is 5. The van der Waals surface area contributed by atoms with Gasteiger partial charge in [-0.3, -0.25) is 4.79 Å². The van der Waals surface area contributed by atoms with E-state index in [9.17, 15) is 4.79 Å². The van der Waals surface area contributed by atoms with Gasteiger partial charge >= 0.3 is 0 Å². The van der Waals surface area contributed by atoms with Crippen molar-refractivity contribution in [3.63, 3.8) is 0 Å². The van der Waals surface area contributed by atoms with Crippen LogP contribution in [0.4, 0.5) is 0 Å². The van der Waals surface area contributed by atoms with Crippen molar-refractivity contribution in [1.29, 1.82) is 5.26 Å². The Bertz CT molecular complexity index is 1010. The van der Waals surface area contributed by atoms with Crippen molar-refractivity contribution in [2.75, 3.05) is 0 Å². The van der Waals surface area contributed by atoms with Crippen molar-refractivity contribution in [1.82, 2.24) is 19.9 Å². The second-order valence-corrected chi connectivity index (χ2v) is 6.41. The fourth-order valence-corrected chi connectivity index (χ4v) is 3.08. The molecule has 0 aliphatic heterocycles. The molecule has 0 unspecified atom stereocenters. The number of amides is 1. The Hall–Kier alpha value is -3.20. The van der Waals surface area contributed by atoms with Crippen LogP contribution < -0.4 is 5.32 Å². The van der Waals surface area contributed by atoms with Gasteiger partial charge in [-0.05, 0) is 50.5 Å². The maximum Gasteiger partial charge on any atom is 0.220 e. The second kappa shape index (κ2) is 7.36. The maximum absolute atomic E-state index is 12.2. The predicted molar refractivity (Wildman–Crippen MR) is 98.5 cm³/mol. The number of nitrogens with one attached hydrogen (secondary N) is 1. The summed E-state index contributed by atoms with van der Waals surface area (Å²) in [5, 5.41) is 16.3. The highest BCUT2D eigenvalue weighted by atomic mass is 16.1. The molecule has 0 spiro atoms. The third-order valence-electron chi connectivity index (χ3n) is 4.43. The molecule has 132 valence electrons. The number of nitrogens with zero attached hydrogens (tertiary/aromatic N) is 4. The monoisotopic (exact) mass is 347 g/mol.